The van der Waals surface area contributed by atoms with Crippen LogP contribution in [-0.2, 0) is 11.2 Å². The van der Waals surface area contributed by atoms with Crippen molar-refractivity contribution in [2.75, 3.05) is 26.7 Å². The lowest BCUT2D eigenvalue weighted by Gasteiger charge is -2.28. The lowest BCUT2D eigenvalue weighted by atomic mass is 9.96. The largest absolute Gasteiger partial charge is 0.364 e. The van der Waals surface area contributed by atoms with Crippen molar-refractivity contribution in [1.82, 2.24) is 15.4 Å². The van der Waals surface area contributed by atoms with Crippen molar-refractivity contribution in [3.05, 3.63) is 18.0 Å². The third kappa shape index (κ3) is 3.84. The molecule has 0 radical (unpaired) electrons. The predicted molar refractivity (Wildman–Crippen MR) is 68.1 cm³/mol. The van der Waals surface area contributed by atoms with E-state index >= 15 is 0 Å². The second-order valence-electron chi connectivity index (χ2n) is 5.00. The molecule has 2 heterocycles. The number of piperidine rings is 1. The number of hydrogen-bond donors (Lipinski definition) is 1. The molecule has 0 unspecified atom stereocenters. The van der Waals surface area contributed by atoms with Gasteiger partial charge in [-0.3, -0.25) is 4.79 Å². The Morgan fingerprint density at radius 2 is 2.33 bits per heavy atom. The predicted octanol–water partition coefficient (Wildman–Crippen LogP) is 1.07. The summed E-state index contributed by atoms with van der Waals surface area (Å²) in [5.41, 5.74) is 1.09. The van der Waals surface area contributed by atoms with Crippen molar-refractivity contribution in [3.8, 4) is 0 Å². The molecule has 1 aliphatic heterocycles. The summed E-state index contributed by atoms with van der Waals surface area (Å²) in [6.07, 6.45) is 7.16. The lowest BCUT2D eigenvalue weighted by molar-refractivity contribution is -0.126. The molecule has 1 N–H and O–H groups in total. The summed E-state index contributed by atoms with van der Waals surface area (Å²) in [5, 5.41) is 6.67. The van der Waals surface area contributed by atoms with E-state index < -0.39 is 0 Å². The number of hydrogen-bond acceptors (Lipinski definition) is 4. The highest BCUT2D eigenvalue weighted by atomic mass is 16.5. The Labute approximate surface area is 108 Å². The molecule has 0 atom stereocenters. The van der Waals surface area contributed by atoms with E-state index in [1.807, 2.05) is 0 Å². The van der Waals surface area contributed by atoms with Gasteiger partial charge in [-0.25, -0.2) is 0 Å². The van der Waals surface area contributed by atoms with Crippen LogP contribution in [0, 0.1) is 5.92 Å². The molecule has 0 aromatic carbocycles. The first-order chi connectivity index (χ1) is 8.75. The van der Waals surface area contributed by atoms with Crippen molar-refractivity contribution in [3.63, 3.8) is 0 Å². The zero-order valence-electron chi connectivity index (χ0n) is 10.9. The first-order valence-electron chi connectivity index (χ1n) is 6.60. The van der Waals surface area contributed by atoms with Gasteiger partial charge in [0.05, 0.1) is 6.20 Å². The average Bonchev–Trinajstić information content (AvgIpc) is 2.88. The van der Waals surface area contributed by atoms with Crippen molar-refractivity contribution in [1.29, 1.82) is 0 Å². The fourth-order valence-corrected chi connectivity index (χ4v) is 2.27. The van der Waals surface area contributed by atoms with E-state index in [2.05, 4.69) is 22.4 Å². The van der Waals surface area contributed by atoms with Crippen molar-refractivity contribution in [2.45, 2.75) is 25.7 Å². The van der Waals surface area contributed by atoms with Crippen LogP contribution in [0.2, 0.25) is 0 Å². The van der Waals surface area contributed by atoms with Crippen LogP contribution in [0.3, 0.4) is 0 Å². The van der Waals surface area contributed by atoms with Crippen LogP contribution in [0.1, 0.15) is 24.8 Å². The van der Waals surface area contributed by atoms with Gasteiger partial charge in [0, 0.05) is 18.0 Å². The zero-order chi connectivity index (χ0) is 12.8. The minimum absolute atomic E-state index is 0.205. The van der Waals surface area contributed by atoms with Gasteiger partial charge >= 0.3 is 0 Å². The highest BCUT2D eigenvalue weighted by Gasteiger charge is 2.22. The van der Waals surface area contributed by atoms with Gasteiger partial charge in [-0.2, -0.15) is 0 Å². The number of amides is 1. The second kappa shape index (κ2) is 6.54. The van der Waals surface area contributed by atoms with Crippen molar-refractivity contribution >= 4 is 5.91 Å². The second-order valence-corrected chi connectivity index (χ2v) is 5.00. The molecule has 0 saturated carbocycles. The molecule has 1 aliphatic rings. The fourth-order valence-electron chi connectivity index (χ4n) is 2.27. The molecule has 1 aromatic heterocycles. The quantitative estimate of drug-likeness (QED) is 0.795. The Morgan fingerprint density at radius 1 is 1.56 bits per heavy atom. The zero-order valence-corrected chi connectivity index (χ0v) is 10.9. The average molecular weight is 251 g/mol. The van der Waals surface area contributed by atoms with E-state index in [4.69, 9.17) is 4.52 Å². The Kier molecular flexibility index (Phi) is 4.75. The monoisotopic (exact) mass is 251 g/mol. The van der Waals surface area contributed by atoms with Crippen LogP contribution in [0.15, 0.2) is 17.0 Å². The number of rotatable bonds is 5. The van der Waals surface area contributed by atoms with E-state index in [1.165, 1.54) is 0 Å². The number of likely N-dealkylation sites (tertiary alicyclic amines) is 1. The highest BCUT2D eigenvalue weighted by molar-refractivity contribution is 5.78. The molecule has 18 heavy (non-hydrogen) atoms. The van der Waals surface area contributed by atoms with Gasteiger partial charge in [0.15, 0.2) is 0 Å². The van der Waals surface area contributed by atoms with Crippen LogP contribution in [0.5, 0.6) is 0 Å². The molecule has 1 aromatic rings. The summed E-state index contributed by atoms with van der Waals surface area (Å²) in [6.45, 7) is 2.79. The minimum Gasteiger partial charge on any atom is -0.364 e. The number of nitrogens with zero attached hydrogens (tertiary/aromatic N) is 2. The third-order valence-electron chi connectivity index (χ3n) is 3.51. The summed E-state index contributed by atoms with van der Waals surface area (Å²) < 4.78 is 4.76. The lowest BCUT2D eigenvalue weighted by Crippen LogP contribution is -2.39. The molecule has 0 spiro atoms. The van der Waals surface area contributed by atoms with Crippen molar-refractivity contribution < 1.29 is 9.32 Å². The molecule has 2 rings (SSSR count). The standard InChI is InChI=1S/C13H21N3O2/c1-16-7-4-12(5-8-16)13(17)14-6-2-3-11-9-15-18-10-11/h9-10,12H,2-8H2,1H3,(H,14,17). The molecule has 5 heteroatoms. The molecule has 0 aliphatic carbocycles. The maximum absolute atomic E-state index is 11.9. The van der Waals surface area contributed by atoms with Crippen molar-refractivity contribution in [2.24, 2.45) is 5.92 Å². The molecule has 1 saturated heterocycles. The first kappa shape index (κ1) is 13.1. The summed E-state index contributed by atoms with van der Waals surface area (Å²) in [7, 11) is 2.10. The van der Waals surface area contributed by atoms with Crippen LogP contribution in [0.25, 0.3) is 0 Å². The highest BCUT2D eigenvalue weighted by Crippen LogP contribution is 2.15. The maximum Gasteiger partial charge on any atom is 0.223 e. The van der Waals surface area contributed by atoms with Gasteiger partial charge in [0.1, 0.15) is 6.26 Å². The van der Waals surface area contributed by atoms with E-state index in [1.54, 1.807) is 12.5 Å². The number of carbonyl (C=O) groups is 1. The molecule has 1 amide bonds. The van der Waals surface area contributed by atoms with Gasteiger partial charge in [-0.1, -0.05) is 5.16 Å². The first-order valence-corrected chi connectivity index (χ1v) is 6.60. The summed E-state index contributed by atoms with van der Waals surface area (Å²) in [4.78, 5) is 14.2. The number of aryl methyl sites for hydroxylation is 1. The normalized spacial score (nSPS) is 17.8. The van der Waals surface area contributed by atoms with E-state index in [9.17, 15) is 4.79 Å². The summed E-state index contributed by atoms with van der Waals surface area (Å²) in [6, 6.07) is 0. The van der Waals surface area contributed by atoms with Gasteiger partial charge in [0.25, 0.3) is 0 Å². The minimum atomic E-state index is 0.205. The van der Waals surface area contributed by atoms with Gasteiger partial charge < -0.3 is 14.7 Å². The smallest absolute Gasteiger partial charge is 0.223 e. The molecule has 1 fully saturated rings. The molecular weight excluding hydrogens is 230 g/mol. The van der Waals surface area contributed by atoms with Gasteiger partial charge in [-0.05, 0) is 45.8 Å². The Hall–Kier alpha value is -1.36. The Balaban J connectivity index is 1.60. The third-order valence-corrected chi connectivity index (χ3v) is 3.51. The molecule has 0 bridgehead atoms. The van der Waals surface area contributed by atoms with E-state index in [-0.39, 0.29) is 11.8 Å². The van der Waals surface area contributed by atoms with E-state index in [0.717, 1.165) is 50.9 Å². The SMILES string of the molecule is CN1CCC(C(=O)NCCCc2cnoc2)CC1. The van der Waals surface area contributed by atoms with E-state index in [0.29, 0.717) is 0 Å². The summed E-state index contributed by atoms with van der Waals surface area (Å²) in [5.74, 6) is 0.421. The Morgan fingerprint density at radius 3 is 3.00 bits per heavy atom. The van der Waals surface area contributed by atoms with Gasteiger partial charge in [0.2, 0.25) is 5.91 Å². The van der Waals surface area contributed by atoms with Crippen LogP contribution >= 0.6 is 0 Å². The van der Waals surface area contributed by atoms with Gasteiger partial charge in [-0.15, -0.1) is 0 Å². The van der Waals surface area contributed by atoms with Crippen LogP contribution in [-0.4, -0.2) is 42.6 Å². The maximum atomic E-state index is 11.9. The Bertz CT molecular complexity index is 356. The molecule has 100 valence electrons. The summed E-state index contributed by atoms with van der Waals surface area (Å²) >= 11 is 0. The number of aromatic nitrogens is 1. The van der Waals surface area contributed by atoms with Crippen LogP contribution in [0.4, 0.5) is 0 Å². The van der Waals surface area contributed by atoms with Crippen LogP contribution < -0.4 is 5.32 Å². The fraction of sp³-hybridized carbons (Fsp3) is 0.692. The molecular formula is C13H21N3O2. The number of nitrogens with one attached hydrogen (secondary N) is 1. The topological polar surface area (TPSA) is 58.4 Å². The molecule has 5 nitrogen and oxygen atoms in total. The number of carbonyl (C=O) groups excluding carboxylic acids is 1.